The van der Waals surface area contributed by atoms with Crippen LogP contribution in [0, 0.1) is 19.8 Å². The molecule has 1 aliphatic rings. The van der Waals surface area contributed by atoms with Crippen molar-refractivity contribution in [3.8, 4) is 10.6 Å². The molecule has 38 heavy (non-hydrogen) atoms. The second kappa shape index (κ2) is 11.7. The van der Waals surface area contributed by atoms with E-state index in [1.807, 2.05) is 47.6 Å². The number of aromatic nitrogens is 4. The number of ether oxygens (including phenoxy) is 1. The molecule has 5 N–H and O–H groups in total. The van der Waals surface area contributed by atoms with Crippen molar-refractivity contribution in [3.05, 3.63) is 23.7 Å². The van der Waals surface area contributed by atoms with Crippen LogP contribution in [0.3, 0.4) is 0 Å². The maximum absolute atomic E-state index is 11.1. The van der Waals surface area contributed by atoms with Gasteiger partial charge in [0.2, 0.25) is 5.95 Å². The van der Waals surface area contributed by atoms with Crippen LogP contribution in [0.1, 0.15) is 58.3 Å². The van der Waals surface area contributed by atoms with Gasteiger partial charge >= 0.3 is 0 Å². The lowest BCUT2D eigenvalue weighted by molar-refractivity contribution is -0.0843. The monoisotopic (exact) mass is 544 g/mol. The number of aliphatic hydroxyl groups excluding tert-OH is 2. The Morgan fingerprint density at radius 3 is 2.50 bits per heavy atom. The minimum absolute atomic E-state index is 0.129. The van der Waals surface area contributed by atoms with Crippen molar-refractivity contribution in [1.29, 1.82) is 0 Å². The van der Waals surface area contributed by atoms with Gasteiger partial charge in [-0.3, -0.25) is 4.98 Å². The number of fused-ring (bicyclic) bond motifs is 1. The second-order valence-electron chi connectivity index (χ2n) is 10.3. The molecule has 3 heterocycles. The zero-order valence-corrected chi connectivity index (χ0v) is 23.8. The van der Waals surface area contributed by atoms with Crippen LogP contribution in [-0.4, -0.2) is 78.4 Å². The van der Waals surface area contributed by atoms with Crippen molar-refractivity contribution in [2.45, 2.75) is 90.8 Å². The SMILES string of the molecule is CCC(O)(CC)C1CC(Nc2nc(NCCOC(C)C)nc(C)c2-c2nc3c(C)nccc3s2)C(O)C1O. The molecule has 1 saturated carbocycles. The summed E-state index contributed by atoms with van der Waals surface area (Å²) in [6.45, 7) is 12.7. The van der Waals surface area contributed by atoms with Gasteiger partial charge in [-0.2, -0.15) is 4.98 Å². The minimum atomic E-state index is -1.06. The summed E-state index contributed by atoms with van der Waals surface area (Å²) in [5.74, 6) is 0.490. The van der Waals surface area contributed by atoms with Gasteiger partial charge in [0.25, 0.3) is 0 Å². The van der Waals surface area contributed by atoms with Crippen molar-refractivity contribution in [2.75, 3.05) is 23.8 Å². The third-order valence-electron chi connectivity index (χ3n) is 7.55. The predicted molar refractivity (Wildman–Crippen MR) is 151 cm³/mol. The van der Waals surface area contributed by atoms with E-state index in [1.165, 1.54) is 11.3 Å². The van der Waals surface area contributed by atoms with E-state index < -0.39 is 29.8 Å². The first-order chi connectivity index (χ1) is 18.1. The maximum Gasteiger partial charge on any atom is 0.224 e. The van der Waals surface area contributed by atoms with E-state index in [0.717, 1.165) is 32.2 Å². The van der Waals surface area contributed by atoms with Gasteiger partial charge < -0.3 is 30.7 Å². The Balaban J connectivity index is 1.70. The number of anilines is 2. The summed E-state index contributed by atoms with van der Waals surface area (Å²) in [7, 11) is 0. The molecule has 4 unspecified atom stereocenters. The smallest absolute Gasteiger partial charge is 0.224 e. The molecule has 0 radical (unpaired) electrons. The Morgan fingerprint density at radius 1 is 1.11 bits per heavy atom. The number of rotatable bonds is 11. The lowest BCUT2D eigenvalue weighted by Crippen LogP contribution is -2.43. The highest BCUT2D eigenvalue weighted by Gasteiger charge is 2.50. The van der Waals surface area contributed by atoms with Crippen molar-refractivity contribution in [1.82, 2.24) is 19.9 Å². The van der Waals surface area contributed by atoms with Crippen LogP contribution in [0.15, 0.2) is 12.3 Å². The first-order valence-electron chi connectivity index (χ1n) is 13.4. The van der Waals surface area contributed by atoms with Crippen LogP contribution in [-0.2, 0) is 4.74 Å². The van der Waals surface area contributed by atoms with Crippen LogP contribution in [0.4, 0.5) is 11.8 Å². The van der Waals surface area contributed by atoms with Crippen molar-refractivity contribution in [2.24, 2.45) is 5.92 Å². The van der Waals surface area contributed by atoms with Crippen molar-refractivity contribution >= 4 is 33.3 Å². The molecule has 0 bridgehead atoms. The molecule has 3 aromatic rings. The highest BCUT2D eigenvalue weighted by Crippen LogP contribution is 2.42. The molecular formula is C27H40N6O4S. The van der Waals surface area contributed by atoms with E-state index >= 15 is 0 Å². The van der Waals surface area contributed by atoms with Gasteiger partial charge in [-0.1, -0.05) is 13.8 Å². The first kappa shape index (κ1) is 28.6. The van der Waals surface area contributed by atoms with Gasteiger partial charge in [-0.25, -0.2) is 9.97 Å². The van der Waals surface area contributed by atoms with Crippen molar-refractivity contribution in [3.63, 3.8) is 0 Å². The number of pyridine rings is 1. The Morgan fingerprint density at radius 2 is 1.84 bits per heavy atom. The lowest BCUT2D eigenvalue weighted by atomic mass is 9.80. The standard InChI is InChI=1S/C27H40N6O4S/c1-7-27(36,8-2)17-13-18(23(35)22(17)34)31-24-20(25-32-21-16(6)28-10-9-19(21)38-25)15(5)30-26(33-24)29-11-12-37-14(3)4/h9-10,14,17-18,22-23,34-36H,7-8,11-13H2,1-6H3,(H2,29,30,31,33). The fraction of sp³-hybridized carbons (Fsp3) is 0.630. The van der Waals surface area contributed by atoms with Gasteiger partial charge in [0, 0.05) is 18.7 Å². The summed E-state index contributed by atoms with van der Waals surface area (Å²) < 4.78 is 6.64. The van der Waals surface area contributed by atoms with E-state index in [4.69, 9.17) is 19.7 Å². The molecule has 0 amide bonds. The topological polar surface area (TPSA) is 146 Å². The van der Waals surface area contributed by atoms with Crippen LogP contribution in [0.5, 0.6) is 0 Å². The summed E-state index contributed by atoms with van der Waals surface area (Å²) in [5.41, 5.74) is 2.08. The van der Waals surface area contributed by atoms with Gasteiger partial charge in [-0.15, -0.1) is 11.3 Å². The molecule has 3 aromatic heterocycles. The summed E-state index contributed by atoms with van der Waals surface area (Å²) >= 11 is 1.53. The third-order valence-corrected chi connectivity index (χ3v) is 8.59. The third kappa shape index (κ3) is 5.76. The summed E-state index contributed by atoms with van der Waals surface area (Å²) in [5, 5.41) is 40.4. The van der Waals surface area contributed by atoms with Crippen LogP contribution < -0.4 is 10.6 Å². The maximum atomic E-state index is 11.1. The molecule has 0 aromatic carbocycles. The van der Waals surface area contributed by atoms with Crippen LogP contribution in [0.25, 0.3) is 20.8 Å². The van der Waals surface area contributed by atoms with E-state index in [9.17, 15) is 15.3 Å². The normalized spacial score (nSPS) is 21.9. The van der Waals surface area contributed by atoms with Crippen LogP contribution >= 0.6 is 11.3 Å². The van der Waals surface area contributed by atoms with Gasteiger partial charge in [0.1, 0.15) is 22.4 Å². The van der Waals surface area contributed by atoms with E-state index in [1.54, 1.807) is 6.20 Å². The summed E-state index contributed by atoms with van der Waals surface area (Å²) in [6.07, 6.45) is 1.17. The highest BCUT2D eigenvalue weighted by atomic mass is 32.1. The molecule has 4 atom stereocenters. The molecule has 10 nitrogen and oxygen atoms in total. The molecular weight excluding hydrogens is 504 g/mol. The minimum Gasteiger partial charge on any atom is -0.390 e. The molecule has 208 valence electrons. The molecule has 0 spiro atoms. The summed E-state index contributed by atoms with van der Waals surface area (Å²) in [6, 6.07) is 1.43. The molecule has 1 aliphatic carbocycles. The average molecular weight is 545 g/mol. The van der Waals surface area contributed by atoms with Gasteiger partial charge in [-0.05, 0) is 53.0 Å². The van der Waals surface area contributed by atoms with E-state index in [2.05, 4.69) is 15.6 Å². The molecule has 1 fully saturated rings. The largest absolute Gasteiger partial charge is 0.390 e. The zero-order valence-electron chi connectivity index (χ0n) is 23.0. The lowest BCUT2D eigenvalue weighted by Gasteiger charge is -2.34. The molecule has 0 aliphatic heterocycles. The number of aliphatic hydroxyl groups is 3. The van der Waals surface area contributed by atoms with Crippen LogP contribution in [0.2, 0.25) is 0 Å². The number of hydrogen-bond acceptors (Lipinski definition) is 11. The average Bonchev–Trinajstić information content (AvgIpc) is 3.43. The zero-order chi connectivity index (χ0) is 27.6. The number of nitrogens with one attached hydrogen (secondary N) is 2. The Hall–Kier alpha value is -2.44. The summed E-state index contributed by atoms with van der Waals surface area (Å²) in [4.78, 5) is 18.7. The number of hydrogen-bond donors (Lipinski definition) is 5. The molecule has 0 saturated heterocycles. The highest BCUT2D eigenvalue weighted by molar-refractivity contribution is 7.21. The Kier molecular flexibility index (Phi) is 8.83. The van der Waals surface area contributed by atoms with Gasteiger partial charge in [0.05, 0.1) is 52.1 Å². The fourth-order valence-corrected chi connectivity index (χ4v) is 6.33. The predicted octanol–water partition coefficient (Wildman–Crippen LogP) is 3.68. The number of aryl methyl sites for hydroxylation is 2. The molecule has 4 rings (SSSR count). The number of nitrogens with zero attached hydrogens (tertiary/aromatic N) is 4. The number of thiazole rings is 1. The Labute approximate surface area is 227 Å². The first-order valence-corrected chi connectivity index (χ1v) is 14.2. The quantitative estimate of drug-likeness (QED) is 0.227. The van der Waals surface area contributed by atoms with Gasteiger partial charge in [0.15, 0.2) is 0 Å². The van der Waals surface area contributed by atoms with E-state index in [0.29, 0.717) is 44.2 Å². The Bertz CT molecular complexity index is 1250. The second-order valence-corrected chi connectivity index (χ2v) is 11.4. The van der Waals surface area contributed by atoms with Crippen molar-refractivity contribution < 1.29 is 20.1 Å². The fourth-order valence-electron chi connectivity index (χ4n) is 5.22. The van der Waals surface area contributed by atoms with E-state index in [-0.39, 0.29) is 6.10 Å². The molecule has 11 heteroatoms.